The Bertz CT molecular complexity index is 681. The van der Waals surface area contributed by atoms with Crippen LogP contribution in [0.15, 0.2) is 42.5 Å². The molecule has 0 bridgehead atoms. The fraction of sp³-hybridized carbons (Fsp3) is 0.278. The van der Waals surface area contributed by atoms with E-state index < -0.39 is 12.1 Å². The second-order valence-corrected chi connectivity index (χ2v) is 5.14. The van der Waals surface area contributed by atoms with E-state index in [1.54, 1.807) is 38.5 Å². The molecule has 5 heteroatoms. The Morgan fingerprint density at radius 3 is 2.48 bits per heavy atom. The zero-order valence-electron chi connectivity index (χ0n) is 13.4. The van der Waals surface area contributed by atoms with Crippen molar-refractivity contribution in [3.63, 3.8) is 0 Å². The number of aliphatic carboxylic acids is 1. The van der Waals surface area contributed by atoms with Gasteiger partial charge in [0.05, 0.1) is 14.2 Å². The molecule has 0 aliphatic rings. The van der Waals surface area contributed by atoms with Crippen molar-refractivity contribution < 1.29 is 24.1 Å². The summed E-state index contributed by atoms with van der Waals surface area (Å²) in [4.78, 5) is 11.6. The molecule has 1 atom stereocenters. The lowest BCUT2D eigenvalue weighted by Gasteiger charge is -2.17. The molecule has 0 fully saturated rings. The Hall–Kier alpha value is -2.69. The van der Waals surface area contributed by atoms with E-state index in [1.807, 2.05) is 25.1 Å². The lowest BCUT2D eigenvalue weighted by Crippen LogP contribution is -2.29. The van der Waals surface area contributed by atoms with Gasteiger partial charge in [-0.1, -0.05) is 23.8 Å². The third-order valence-corrected chi connectivity index (χ3v) is 3.44. The van der Waals surface area contributed by atoms with Gasteiger partial charge in [-0.3, -0.25) is 0 Å². The van der Waals surface area contributed by atoms with E-state index in [2.05, 4.69) is 0 Å². The topological polar surface area (TPSA) is 65.0 Å². The van der Waals surface area contributed by atoms with Gasteiger partial charge in [0.2, 0.25) is 0 Å². The summed E-state index contributed by atoms with van der Waals surface area (Å²) in [6, 6.07) is 12.5. The van der Waals surface area contributed by atoms with Gasteiger partial charge >= 0.3 is 5.97 Å². The second kappa shape index (κ2) is 7.54. The van der Waals surface area contributed by atoms with Gasteiger partial charge in [-0.2, -0.15) is 0 Å². The van der Waals surface area contributed by atoms with E-state index in [0.717, 1.165) is 11.1 Å². The molecule has 0 amide bonds. The summed E-state index contributed by atoms with van der Waals surface area (Å²) in [6.45, 7) is 1.95. The van der Waals surface area contributed by atoms with Crippen LogP contribution < -0.4 is 14.2 Å². The lowest BCUT2D eigenvalue weighted by atomic mass is 10.0. The monoisotopic (exact) mass is 316 g/mol. The van der Waals surface area contributed by atoms with Gasteiger partial charge in [0, 0.05) is 12.5 Å². The first-order valence-electron chi connectivity index (χ1n) is 7.20. The quantitative estimate of drug-likeness (QED) is 0.850. The lowest BCUT2D eigenvalue weighted by molar-refractivity contribution is -0.145. The first-order valence-corrected chi connectivity index (χ1v) is 7.20. The third-order valence-electron chi connectivity index (χ3n) is 3.44. The van der Waals surface area contributed by atoms with E-state index >= 15 is 0 Å². The van der Waals surface area contributed by atoms with Crippen molar-refractivity contribution in [2.75, 3.05) is 14.2 Å². The molecule has 1 N–H and O–H groups in total. The van der Waals surface area contributed by atoms with Crippen molar-refractivity contribution in [3.8, 4) is 17.2 Å². The Morgan fingerprint density at radius 2 is 1.83 bits per heavy atom. The van der Waals surface area contributed by atoms with Crippen LogP contribution in [0.25, 0.3) is 0 Å². The van der Waals surface area contributed by atoms with Crippen molar-refractivity contribution in [2.45, 2.75) is 19.4 Å². The van der Waals surface area contributed by atoms with Gasteiger partial charge < -0.3 is 19.3 Å². The zero-order valence-corrected chi connectivity index (χ0v) is 13.4. The largest absolute Gasteiger partial charge is 0.497 e. The summed E-state index contributed by atoms with van der Waals surface area (Å²) in [7, 11) is 3.11. The second-order valence-electron chi connectivity index (χ2n) is 5.14. The summed E-state index contributed by atoms with van der Waals surface area (Å²) in [5.74, 6) is 0.676. The number of methoxy groups -OCH3 is 2. The molecule has 1 unspecified atom stereocenters. The molecule has 0 aliphatic heterocycles. The van der Waals surface area contributed by atoms with Crippen LogP contribution >= 0.6 is 0 Å². The smallest absolute Gasteiger partial charge is 0.345 e. The summed E-state index contributed by atoms with van der Waals surface area (Å²) in [6.07, 6.45) is -0.810. The van der Waals surface area contributed by atoms with E-state index in [9.17, 15) is 9.90 Å². The molecule has 0 saturated heterocycles. The minimum Gasteiger partial charge on any atom is -0.497 e. The first-order chi connectivity index (χ1) is 11.0. The number of carbonyl (C=O) groups is 1. The maximum absolute atomic E-state index is 11.6. The molecule has 2 rings (SSSR count). The van der Waals surface area contributed by atoms with Crippen LogP contribution in [0.2, 0.25) is 0 Å². The van der Waals surface area contributed by atoms with Crippen LogP contribution in [0.5, 0.6) is 17.2 Å². The average molecular weight is 316 g/mol. The zero-order chi connectivity index (χ0) is 16.8. The number of aryl methyl sites for hydroxylation is 1. The summed E-state index contributed by atoms with van der Waals surface area (Å²) >= 11 is 0. The van der Waals surface area contributed by atoms with Crippen molar-refractivity contribution in [2.24, 2.45) is 0 Å². The van der Waals surface area contributed by atoms with E-state index in [4.69, 9.17) is 14.2 Å². The molecular formula is C18H20O5. The van der Waals surface area contributed by atoms with Crippen molar-refractivity contribution in [1.29, 1.82) is 0 Å². The van der Waals surface area contributed by atoms with Gasteiger partial charge in [-0.05, 0) is 30.7 Å². The predicted molar refractivity (Wildman–Crippen MR) is 86.5 cm³/mol. The molecule has 2 aromatic carbocycles. The van der Waals surface area contributed by atoms with E-state index in [-0.39, 0.29) is 6.42 Å². The molecule has 0 saturated carbocycles. The molecule has 0 radical (unpaired) electrons. The van der Waals surface area contributed by atoms with Crippen LogP contribution in [0, 0.1) is 6.92 Å². The molecule has 23 heavy (non-hydrogen) atoms. The van der Waals surface area contributed by atoms with Gasteiger partial charge in [-0.25, -0.2) is 4.79 Å². The summed E-state index contributed by atoms with van der Waals surface area (Å²) < 4.78 is 16.0. The van der Waals surface area contributed by atoms with Crippen molar-refractivity contribution in [1.82, 2.24) is 0 Å². The number of carboxylic acid groups (broad SMARTS) is 1. The minimum atomic E-state index is -1.03. The average Bonchev–Trinajstić information content (AvgIpc) is 2.54. The molecule has 5 nitrogen and oxygen atoms in total. The van der Waals surface area contributed by atoms with E-state index in [1.165, 1.54) is 0 Å². The minimum absolute atomic E-state index is 0.206. The molecule has 0 spiro atoms. The van der Waals surface area contributed by atoms with Gasteiger partial charge in [0.1, 0.15) is 17.2 Å². The molecule has 2 aromatic rings. The number of carboxylic acids is 1. The van der Waals surface area contributed by atoms with Crippen molar-refractivity contribution in [3.05, 3.63) is 53.6 Å². The van der Waals surface area contributed by atoms with E-state index in [0.29, 0.717) is 17.2 Å². The SMILES string of the molecule is COc1cccc(OC(Cc2cc(C)ccc2OC)C(=O)O)c1. The molecule has 0 heterocycles. The highest BCUT2D eigenvalue weighted by Gasteiger charge is 2.22. The van der Waals surface area contributed by atoms with Crippen LogP contribution in [0.3, 0.4) is 0 Å². The highest BCUT2D eigenvalue weighted by atomic mass is 16.5. The van der Waals surface area contributed by atoms with Gasteiger partial charge in [0.25, 0.3) is 0 Å². The first kappa shape index (κ1) is 16.7. The highest BCUT2D eigenvalue weighted by Crippen LogP contribution is 2.24. The highest BCUT2D eigenvalue weighted by molar-refractivity contribution is 5.73. The summed E-state index contributed by atoms with van der Waals surface area (Å²) in [5, 5.41) is 9.46. The van der Waals surface area contributed by atoms with Gasteiger partial charge in [-0.15, -0.1) is 0 Å². The number of benzene rings is 2. The van der Waals surface area contributed by atoms with Crippen molar-refractivity contribution >= 4 is 5.97 Å². The third kappa shape index (κ3) is 4.39. The number of rotatable bonds is 7. The standard InChI is InChI=1S/C18H20O5/c1-12-7-8-16(22-3)13(9-12)10-17(18(19)20)23-15-6-4-5-14(11-15)21-2/h4-9,11,17H,10H2,1-3H3,(H,19,20). The van der Waals surface area contributed by atoms with Gasteiger partial charge in [0.15, 0.2) is 6.10 Å². The van der Waals surface area contributed by atoms with Crippen LogP contribution in [0.1, 0.15) is 11.1 Å². The number of ether oxygens (including phenoxy) is 3. The maximum Gasteiger partial charge on any atom is 0.345 e. The Balaban J connectivity index is 2.22. The van der Waals surface area contributed by atoms with Crippen LogP contribution in [0.4, 0.5) is 0 Å². The van der Waals surface area contributed by atoms with Crippen LogP contribution in [-0.2, 0) is 11.2 Å². The Labute approximate surface area is 135 Å². The Morgan fingerprint density at radius 1 is 1.09 bits per heavy atom. The maximum atomic E-state index is 11.6. The number of hydrogen-bond donors (Lipinski definition) is 1. The molecule has 0 aromatic heterocycles. The Kier molecular flexibility index (Phi) is 5.46. The normalized spacial score (nSPS) is 11.6. The fourth-order valence-electron chi connectivity index (χ4n) is 2.28. The molecule has 0 aliphatic carbocycles. The fourth-order valence-corrected chi connectivity index (χ4v) is 2.28. The molecular weight excluding hydrogens is 296 g/mol. The summed E-state index contributed by atoms with van der Waals surface area (Å²) in [5.41, 5.74) is 1.83. The predicted octanol–water partition coefficient (Wildman–Crippen LogP) is 3.09. The number of hydrogen-bond acceptors (Lipinski definition) is 4. The van der Waals surface area contributed by atoms with Crippen LogP contribution in [-0.4, -0.2) is 31.4 Å². The molecule has 122 valence electrons.